The Bertz CT molecular complexity index is 475. The van der Waals surface area contributed by atoms with Crippen LogP contribution in [-0.2, 0) is 16.4 Å². The molecule has 0 aliphatic carbocycles. The first-order valence-electron chi connectivity index (χ1n) is 5.64. The Morgan fingerprint density at radius 1 is 1.33 bits per heavy atom. The van der Waals surface area contributed by atoms with Crippen molar-refractivity contribution in [3.05, 3.63) is 35.4 Å². The van der Waals surface area contributed by atoms with Crippen LogP contribution in [0.1, 0.15) is 24.0 Å². The zero-order valence-electron chi connectivity index (χ0n) is 10.2. The lowest BCUT2D eigenvalue weighted by atomic mass is 10.1. The summed E-state index contributed by atoms with van der Waals surface area (Å²) >= 11 is 0. The number of halogens is 2. The molecule has 1 aromatic carbocycles. The van der Waals surface area contributed by atoms with E-state index in [-0.39, 0.29) is 11.3 Å². The summed E-state index contributed by atoms with van der Waals surface area (Å²) in [5, 5.41) is 3.03. The molecule has 0 saturated carbocycles. The highest BCUT2D eigenvalue weighted by molar-refractivity contribution is 7.90. The van der Waals surface area contributed by atoms with Crippen molar-refractivity contribution >= 4 is 9.84 Å². The van der Waals surface area contributed by atoms with E-state index in [4.69, 9.17) is 0 Å². The van der Waals surface area contributed by atoms with E-state index in [0.717, 1.165) is 5.56 Å². The summed E-state index contributed by atoms with van der Waals surface area (Å²) < 4.78 is 46.6. The predicted octanol–water partition coefficient (Wildman–Crippen LogP) is 2.15. The molecule has 0 atom stereocenters. The maximum absolute atomic E-state index is 12.4. The van der Waals surface area contributed by atoms with Gasteiger partial charge in [-0.05, 0) is 24.6 Å². The number of benzene rings is 1. The van der Waals surface area contributed by atoms with Crippen LogP contribution >= 0.6 is 0 Å². The van der Waals surface area contributed by atoms with Gasteiger partial charge in [0.05, 0.1) is 5.75 Å². The van der Waals surface area contributed by atoms with Gasteiger partial charge in [0.25, 0.3) is 6.43 Å². The Labute approximate surface area is 106 Å². The Kier molecular flexibility index (Phi) is 5.68. The quantitative estimate of drug-likeness (QED) is 0.777. The van der Waals surface area contributed by atoms with E-state index in [1.165, 1.54) is 18.4 Å². The second-order valence-corrected chi connectivity index (χ2v) is 6.47. The fraction of sp³-hybridized carbons (Fsp3) is 0.500. The third kappa shape index (κ3) is 6.07. The summed E-state index contributed by atoms with van der Waals surface area (Å²) in [5.41, 5.74) is 0.776. The monoisotopic (exact) mass is 277 g/mol. The molecular weight excluding hydrogens is 260 g/mol. The van der Waals surface area contributed by atoms with Gasteiger partial charge in [-0.15, -0.1) is 0 Å². The molecule has 0 amide bonds. The summed E-state index contributed by atoms with van der Waals surface area (Å²) in [6, 6.07) is 6.19. The molecule has 0 heterocycles. The van der Waals surface area contributed by atoms with Gasteiger partial charge < -0.3 is 5.32 Å². The molecule has 0 aliphatic heterocycles. The third-order valence-corrected chi connectivity index (χ3v) is 3.43. The van der Waals surface area contributed by atoms with Gasteiger partial charge >= 0.3 is 0 Å². The highest BCUT2D eigenvalue weighted by atomic mass is 32.2. The standard InChI is InChI=1S/C12H17F2NO2S/c1-18(16,17)7-3-6-15-9-10-4-2-5-11(8-10)12(13)14/h2,4-5,8,12,15H,3,6-7,9H2,1H3. The van der Waals surface area contributed by atoms with Crippen molar-refractivity contribution in [1.82, 2.24) is 5.32 Å². The molecule has 102 valence electrons. The van der Waals surface area contributed by atoms with Crippen molar-refractivity contribution < 1.29 is 17.2 Å². The first kappa shape index (κ1) is 15.0. The summed E-state index contributed by atoms with van der Waals surface area (Å²) in [7, 11) is -2.93. The molecule has 0 radical (unpaired) electrons. The van der Waals surface area contributed by atoms with Crippen molar-refractivity contribution in [1.29, 1.82) is 0 Å². The average Bonchev–Trinajstić information content (AvgIpc) is 2.27. The van der Waals surface area contributed by atoms with Crippen molar-refractivity contribution in [2.75, 3.05) is 18.6 Å². The van der Waals surface area contributed by atoms with Gasteiger partial charge in [-0.2, -0.15) is 0 Å². The molecule has 0 aliphatic rings. The Balaban J connectivity index is 2.33. The van der Waals surface area contributed by atoms with Gasteiger partial charge in [-0.3, -0.25) is 0 Å². The lowest BCUT2D eigenvalue weighted by molar-refractivity contribution is 0.151. The van der Waals surface area contributed by atoms with Crippen molar-refractivity contribution in [2.45, 2.75) is 19.4 Å². The van der Waals surface area contributed by atoms with Gasteiger partial charge in [0.2, 0.25) is 0 Å². The first-order valence-corrected chi connectivity index (χ1v) is 7.70. The van der Waals surface area contributed by atoms with E-state index < -0.39 is 16.3 Å². The Morgan fingerprint density at radius 3 is 2.67 bits per heavy atom. The maximum Gasteiger partial charge on any atom is 0.263 e. The average molecular weight is 277 g/mol. The van der Waals surface area contributed by atoms with Gasteiger partial charge in [0.1, 0.15) is 9.84 Å². The molecule has 1 N–H and O–H groups in total. The minimum Gasteiger partial charge on any atom is -0.313 e. The Morgan fingerprint density at radius 2 is 2.06 bits per heavy atom. The zero-order valence-corrected chi connectivity index (χ0v) is 11.0. The highest BCUT2D eigenvalue weighted by Crippen LogP contribution is 2.19. The van der Waals surface area contributed by atoms with Crippen LogP contribution in [0.15, 0.2) is 24.3 Å². The summed E-state index contributed by atoms with van der Waals surface area (Å²) in [6.07, 6.45) is -0.748. The van der Waals surface area contributed by atoms with Crippen LogP contribution in [0.2, 0.25) is 0 Å². The highest BCUT2D eigenvalue weighted by Gasteiger charge is 2.06. The summed E-state index contributed by atoms with van der Waals surface area (Å²) in [6.45, 7) is 1.01. The van der Waals surface area contributed by atoms with Gasteiger partial charge in [0.15, 0.2) is 0 Å². The van der Waals surface area contributed by atoms with Crippen molar-refractivity contribution in [3.63, 3.8) is 0 Å². The second kappa shape index (κ2) is 6.80. The lowest BCUT2D eigenvalue weighted by Gasteiger charge is -2.06. The molecule has 0 saturated heterocycles. The summed E-state index contributed by atoms with van der Waals surface area (Å²) in [4.78, 5) is 0. The van der Waals surface area contributed by atoms with Crippen LogP contribution in [0.5, 0.6) is 0 Å². The SMILES string of the molecule is CS(=O)(=O)CCCNCc1cccc(C(F)F)c1. The fourth-order valence-corrected chi connectivity index (χ4v) is 2.20. The number of hydrogen-bond acceptors (Lipinski definition) is 3. The number of nitrogens with one attached hydrogen (secondary N) is 1. The zero-order chi connectivity index (χ0) is 13.6. The molecule has 1 rings (SSSR count). The smallest absolute Gasteiger partial charge is 0.263 e. The van der Waals surface area contributed by atoms with Crippen LogP contribution in [0, 0.1) is 0 Å². The van der Waals surface area contributed by atoms with E-state index >= 15 is 0 Å². The number of rotatable bonds is 7. The minimum atomic E-state index is -2.93. The van der Waals surface area contributed by atoms with Crippen LogP contribution in [0.4, 0.5) is 8.78 Å². The topological polar surface area (TPSA) is 46.2 Å². The molecule has 0 bridgehead atoms. The van der Waals surface area contributed by atoms with Gasteiger partial charge in [0, 0.05) is 18.4 Å². The van der Waals surface area contributed by atoms with Crippen LogP contribution < -0.4 is 5.32 Å². The minimum absolute atomic E-state index is 0.00503. The Hall–Kier alpha value is -1.01. The molecular formula is C12H17F2NO2S. The van der Waals surface area contributed by atoms with Crippen molar-refractivity contribution in [2.24, 2.45) is 0 Å². The molecule has 0 aromatic heterocycles. The predicted molar refractivity (Wildman–Crippen MR) is 67.4 cm³/mol. The third-order valence-electron chi connectivity index (χ3n) is 2.40. The molecule has 1 aromatic rings. The molecule has 6 heteroatoms. The van der Waals surface area contributed by atoms with E-state index in [0.29, 0.717) is 19.5 Å². The molecule has 0 spiro atoms. The van der Waals surface area contributed by atoms with Gasteiger partial charge in [-0.1, -0.05) is 18.2 Å². The van der Waals surface area contributed by atoms with Gasteiger partial charge in [-0.25, -0.2) is 17.2 Å². The fourth-order valence-electron chi connectivity index (χ4n) is 1.53. The van der Waals surface area contributed by atoms with Crippen LogP contribution in [0.3, 0.4) is 0 Å². The van der Waals surface area contributed by atoms with E-state index in [1.807, 2.05) is 0 Å². The summed E-state index contributed by atoms with van der Waals surface area (Å²) in [5.74, 6) is 0.136. The van der Waals surface area contributed by atoms with Crippen LogP contribution in [-0.4, -0.2) is 27.0 Å². The van der Waals surface area contributed by atoms with E-state index in [1.54, 1.807) is 12.1 Å². The van der Waals surface area contributed by atoms with E-state index in [9.17, 15) is 17.2 Å². The molecule has 3 nitrogen and oxygen atoms in total. The van der Waals surface area contributed by atoms with Crippen molar-refractivity contribution in [3.8, 4) is 0 Å². The second-order valence-electron chi connectivity index (χ2n) is 4.21. The first-order chi connectivity index (χ1) is 8.38. The largest absolute Gasteiger partial charge is 0.313 e. The molecule has 0 fully saturated rings. The number of sulfone groups is 1. The maximum atomic E-state index is 12.4. The number of hydrogen-bond donors (Lipinski definition) is 1. The number of alkyl halides is 2. The van der Waals surface area contributed by atoms with Crippen LogP contribution in [0.25, 0.3) is 0 Å². The normalized spacial score (nSPS) is 12.0. The molecule has 18 heavy (non-hydrogen) atoms. The molecule has 0 unspecified atom stereocenters. The lowest BCUT2D eigenvalue weighted by Crippen LogP contribution is -2.17. The van der Waals surface area contributed by atoms with E-state index in [2.05, 4.69) is 5.32 Å².